The first-order valence-corrected chi connectivity index (χ1v) is 11.7. The minimum absolute atomic E-state index is 0.385. The van der Waals surface area contributed by atoms with E-state index in [1.165, 1.54) is 70.8 Å². The van der Waals surface area contributed by atoms with E-state index in [0.29, 0.717) is 6.42 Å². The Morgan fingerprint density at radius 3 is 2.03 bits per heavy atom. The fraction of sp³-hybridized carbons (Fsp3) is 0.640. The molecule has 0 spiro atoms. The fourth-order valence-corrected chi connectivity index (χ4v) is 3.49. The van der Waals surface area contributed by atoms with Gasteiger partial charge in [0.1, 0.15) is 6.04 Å². The van der Waals surface area contributed by atoms with Crippen LogP contribution in [0.25, 0.3) is 0 Å². The molecule has 0 aliphatic carbocycles. The molecule has 0 bridgehead atoms. The highest BCUT2D eigenvalue weighted by Gasteiger charge is 2.11. The van der Waals surface area contributed by atoms with Crippen LogP contribution < -0.4 is 5.73 Å². The maximum Gasteiger partial charge on any atom is 0.320 e. The van der Waals surface area contributed by atoms with Crippen LogP contribution in [-0.4, -0.2) is 47.2 Å². The Bertz CT molecular complexity index is 577. The van der Waals surface area contributed by atoms with Crippen molar-refractivity contribution >= 4 is 5.97 Å². The highest BCUT2D eigenvalue weighted by molar-refractivity contribution is 5.73. The summed E-state index contributed by atoms with van der Waals surface area (Å²) in [7, 11) is 2.13. The molecule has 1 aromatic rings. The van der Waals surface area contributed by atoms with E-state index in [0.717, 1.165) is 12.2 Å². The third kappa shape index (κ3) is 13.3. The lowest BCUT2D eigenvalue weighted by molar-refractivity contribution is -0.138. The number of nitrogens with zero attached hydrogens (tertiary/aromatic N) is 2. The van der Waals surface area contributed by atoms with E-state index in [-0.39, 0.29) is 0 Å². The molecule has 170 valence electrons. The average Bonchev–Trinajstić information content (AvgIpc) is 3.15. The summed E-state index contributed by atoms with van der Waals surface area (Å²) in [4.78, 5) is 15.0. The predicted molar refractivity (Wildman–Crippen MR) is 126 cm³/mol. The molecule has 1 unspecified atom stereocenters. The summed E-state index contributed by atoms with van der Waals surface area (Å²) in [6.45, 7) is 4.60. The molecular weight excluding hydrogens is 374 g/mol. The maximum atomic E-state index is 10.4. The van der Waals surface area contributed by atoms with Crippen LogP contribution in [0.15, 0.2) is 42.7 Å². The number of carboxylic acids is 1. The summed E-state index contributed by atoms with van der Waals surface area (Å²) in [5.74, 6) is -0.959. The Morgan fingerprint density at radius 1 is 0.967 bits per heavy atom. The first-order valence-electron chi connectivity index (χ1n) is 11.7. The van der Waals surface area contributed by atoms with Crippen molar-refractivity contribution in [2.45, 2.75) is 83.6 Å². The molecule has 3 N–H and O–H groups in total. The van der Waals surface area contributed by atoms with Crippen molar-refractivity contribution in [2.75, 3.05) is 20.3 Å². The van der Waals surface area contributed by atoms with Gasteiger partial charge in [0, 0.05) is 26.0 Å². The SMILES string of the molecule is CCCCCCCCCCCCN1C=CN(C)C1.NC(Cc1ccccc1)C(=O)O. The highest BCUT2D eigenvalue weighted by Crippen LogP contribution is 2.11. The van der Waals surface area contributed by atoms with E-state index >= 15 is 0 Å². The highest BCUT2D eigenvalue weighted by atomic mass is 16.4. The molecule has 5 nitrogen and oxygen atoms in total. The second-order valence-corrected chi connectivity index (χ2v) is 8.33. The molecule has 1 heterocycles. The largest absolute Gasteiger partial charge is 0.480 e. The first-order chi connectivity index (χ1) is 14.5. The van der Waals surface area contributed by atoms with E-state index in [2.05, 4.69) is 36.2 Å². The molecule has 2 rings (SSSR count). The Kier molecular flexibility index (Phi) is 14.5. The van der Waals surface area contributed by atoms with Crippen LogP contribution in [0.5, 0.6) is 0 Å². The molecule has 1 aliphatic rings. The van der Waals surface area contributed by atoms with Crippen molar-refractivity contribution in [1.82, 2.24) is 9.80 Å². The van der Waals surface area contributed by atoms with E-state index in [4.69, 9.17) is 10.8 Å². The lowest BCUT2D eigenvalue weighted by atomic mass is 10.1. The first kappa shape index (κ1) is 26.0. The molecule has 1 aliphatic heterocycles. The summed E-state index contributed by atoms with van der Waals surface area (Å²) in [5, 5.41) is 8.52. The van der Waals surface area contributed by atoms with Crippen molar-refractivity contribution in [3.05, 3.63) is 48.3 Å². The number of hydrogen-bond donors (Lipinski definition) is 2. The number of aliphatic carboxylic acids is 1. The molecule has 30 heavy (non-hydrogen) atoms. The molecule has 0 saturated carbocycles. The minimum Gasteiger partial charge on any atom is -0.480 e. The summed E-state index contributed by atoms with van der Waals surface area (Å²) in [6, 6.07) is 8.54. The van der Waals surface area contributed by atoms with Gasteiger partial charge in [-0.1, -0.05) is 95.0 Å². The van der Waals surface area contributed by atoms with Crippen LogP contribution in [0.4, 0.5) is 0 Å². The van der Waals surface area contributed by atoms with Crippen molar-refractivity contribution < 1.29 is 9.90 Å². The Morgan fingerprint density at radius 2 is 1.53 bits per heavy atom. The third-order valence-corrected chi connectivity index (χ3v) is 5.35. The summed E-state index contributed by atoms with van der Waals surface area (Å²) in [6.07, 6.45) is 19.0. The molecule has 0 saturated heterocycles. The van der Waals surface area contributed by atoms with Crippen LogP contribution in [0.3, 0.4) is 0 Å². The molecule has 0 aromatic heterocycles. The van der Waals surface area contributed by atoms with E-state index in [1.54, 1.807) is 0 Å². The number of carbonyl (C=O) groups is 1. The zero-order valence-electron chi connectivity index (χ0n) is 19.1. The topological polar surface area (TPSA) is 69.8 Å². The van der Waals surface area contributed by atoms with Gasteiger partial charge in [0.15, 0.2) is 0 Å². The number of hydrogen-bond acceptors (Lipinski definition) is 4. The number of rotatable bonds is 14. The predicted octanol–water partition coefficient (Wildman–Crippen LogP) is 5.22. The van der Waals surface area contributed by atoms with Gasteiger partial charge >= 0.3 is 5.97 Å². The van der Waals surface area contributed by atoms with Gasteiger partial charge in [-0.25, -0.2) is 0 Å². The number of unbranched alkanes of at least 4 members (excludes halogenated alkanes) is 9. The second-order valence-electron chi connectivity index (χ2n) is 8.33. The van der Waals surface area contributed by atoms with Gasteiger partial charge in [0.25, 0.3) is 0 Å². The van der Waals surface area contributed by atoms with Crippen molar-refractivity contribution in [3.63, 3.8) is 0 Å². The fourth-order valence-electron chi connectivity index (χ4n) is 3.49. The van der Waals surface area contributed by atoms with Gasteiger partial charge in [-0.2, -0.15) is 0 Å². The summed E-state index contributed by atoms with van der Waals surface area (Å²) in [5.41, 5.74) is 6.30. The Hall–Kier alpha value is -2.01. The quantitative estimate of drug-likeness (QED) is 0.406. The molecular formula is C25H43N3O2. The smallest absolute Gasteiger partial charge is 0.320 e. The van der Waals surface area contributed by atoms with Crippen molar-refractivity contribution in [2.24, 2.45) is 5.73 Å². The molecule has 0 radical (unpaired) electrons. The normalized spacial score (nSPS) is 13.8. The van der Waals surface area contributed by atoms with Gasteiger partial charge in [-0.3, -0.25) is 4.79 Å². The number of nitrogens with two attached hydrogens (primary N) is 1. The molecule has 1 atom stereocenters. The zero-order valence-corrected chi connectivity index (χ0v) is 19.1. The number of benzene rings is 1. The number of carboxylic acid groups (broad SMARTS) is 1. The maximum absolute atomic E-state index is 10.4. The lowest BCUT2D eigenvalue weighted by Crippen LogP contribution is -2.32. The van der Waals surface area contributed by atoms with Crippen LogP contribution in [0.2, 0.25) is 0 Å². The van der Waals surface area contributed by atoms with Crippen LogP contribution in [0.1, 0.15) is 76.7 Å². The molecule has 1 aromatic carbocycles. The molecule has 0 fully saturated rings. The van der Waals surface area contributed by atoms with Crippen molar-refractivity contribution in [3.8, 4) is 0 Å². The zero-order chi connectivity index (χ0) is 22.0. The summed E-state index contributed by atoms with van der Waals surface area (Å²) >= 11 is 0. The Labute approximate surface area is 183 Å². The van der Waals surface area contributed by atoms with Gasteiger partial charge in [-0.15, -0.1) is 0 Å². The average molecular weight is 418 g/mol. The van der Waals surface area contributed by atoms with Crippen LogP contribution in [0, 0.1) is 0 Å². The second kappa shape index (κ2) is 16.8. The lowest BCUT2D eigenvalue weighted by Gasteiger charge is -2.17. The molecule has 5 heteroatoms. The summed E-state index contributed by atoms with van der Waals surface area (Å²) < 4.78 is 0. The van der Waals surface area contributed by atoms with Gasteiger partial charge in [0.2, 0.25) is 0 Å². The monoisotopic (exact) mass is 417 g/mol. The van der Waals surface area contributed by atoms with E-state index in [1.807, 2.05) is 30.3 Å². The van der Waals surface area contributed by atoms with E-state index in [9.17, 15) is 4.79 Å². The van der Waals surface area contributed by atoms with Crippen LogP contribution >= 0.6 is 0 Å². The minimum atomic E-state index is -0.959. The van der Waals surface area contributed by atoms with Crippen molar-refractivity contribution in [1.29, 1.82) is 0 Å². The van der Waals surface area contributed by atoms with Gasteiger partial charge < -0.3 is 20.6 Å². The van der Waals surface area contributed by atoms with E-state index < -0.39 is 12.0 Å². The standard InChI is InChI=1S/C16H32N2.C9H11NO2/c1-3-4-5-6-7-8-9-10-11-12-13-18-15-14-17(2)16-18;10-8(9(11)12)6-7-4-2-1-3-5-7/h14-15H,3-13,16H2,1-2H3;1-5,8H,6,10H2,(H,11,12). The third-order valence-electron chi connectivity index (χ3n) is 5.35. The van der Waals surface area contributed by atoms with Gasteiger partial charge in [-0.05, 0) is 18.4 Å². The Balaban J connectivity index is 0.000000325. The van der Waals surface area contributed by atoms with Crippen LogP contribution in [-0.2, 0) is 11.2 Å². The van der Waals surface area contributed by atoms with Gasteiger partial charge in [0.05, 0.1) is 6.67 Å². The molecule has 0 amide bonds.